The van der Waals surface area contributed by atoms with Crippen molar-refractivity contribution in [3.05, 3.63) is 47.8 Å². The van der Waals surface area contributed by atoms with Gasteiger partial charge in [-0.2, -0.15) is 0 Å². The maximum atomic E-state index is 13.5. The lowest BCUT2D eigenvalue weighted by molar-refractivity contribution is 0.587. The van der Waals surface area contributed by atoms with Crippen LogP contribution in [0.3, 0.4) is 0 Å². The number of aromatic nitrogens is 2. The Bertz CT molecular complexity index is 575. The maximum Gasteiger partial charge on any atom is 0.147 e. The summed E-state index contributed by atoms with van der Waals surface area (Å²) in [6.07, 6.45) is 4.13. The molecule has 6 heteroatoms. The average molecular weight is 278 g/mol. The molecule has 106 valence electrons. The molecule has 0 aliphatic rings. The lowest BCUT2D eigenvalue weighted by Crippen LogP contribution is -2.07. The highest BCUT2D eigenvalue weighted by Crippen LogP contribution is 2.12. The molecule has 0 radical (unpaired) electrons. The second-order valence-electron chi connectivity index (χ2n) is 4.31. The van der Waals surface area contributed by atoms with Crippen LogP contribution in [0.1, 0.15) is 18.9 Å². The minimum absolute atomic E-state index is 0.148. The van der Waals surface area contributed by atoms with Crippen molar-refractivity contribution >= 4 is 11.6 Å². The van der Waals surface area contributed by atoms with E-state index in [4.69, 9.17) is 0 Å². The topological polar surface area (TPSA) is 49.8 Å². The highest BCUT2D eigenvalue weighted by molar-refractivity contribution is 5.42. The van der Waals surface area contributed by atoms with Crippen LogP contribution in [0.2, 0.25) is 0 Å². The first-order valence-electron chi connectivity index (χ1n) is 6.42. The van der Waals surface area contributed by atoms with Crippen LogP contribution in [0, 0.1) is 11.6 Å². The summed E-state index contributed by atoms with van der Waals surface area (Å²) >= 11 is 0. The normalized spacial score (nSPS) is 10.3. The van der Waals surface area contributed by atoms with E-state index in [0.29, 0.717) is 11.6 Å². The fourth-order valence-electron chi connectivity index (χ4n) is 1.65. The molecule has 0 amide bonds. The predicted molar refractivity (Wildman–Crippen MR) is 74.5 cm³/mol. The van der Waals surface area contributed by atoms with Gasteiger partial charge in [0.15, 0.2) is 0 Å². The standard InChI is InChI=1S/C14H16F2N4/c1-2-5-18-13-8-17-9-14(20-13)19-7-10-6-11(15)3-4-12(10)16/h3-4,6,8-9H,2,5,7H2,1H3,(H2,18,19,20). The number of nitrogens with zero attached hydrogens (tertiary/aromatic N) is 2. The first kappa shape index (κ1) is 14.2. The van der Waals surface area contributed by atoms with Gasteiger partial charge in [-0.15, -0.1) is 0 Å². The van der Waals surface area contributed by atoms with Gasteiger partial charge in [-0.3, -0.25) is 4.98 Å². The zero-order chi connectivity index (χ0) is 14.4. The molecule has 2 N–H and O–H groups in total. The predicted octanol–water partition coefficient (Wildman–Crippen LogP) is 3.19. The summed E-state index contributed by atoms with van der Waals surface area (Å²) in [6, 6.07) is 3.36. The molecule has 0 spiro atoms. The van der Waals surface area contributed by atoms with Crippen LogP contribution >= 0.6 is 0 Å². The molecule has 2 rings (SSSR count). The van der Waals surface area contributed by atoms with E-state index < -0.39 is 11.6 Å². The fourth-order valence-corrected chi connectivity index (χ4v) is 1.65. The molecule has 0 aliphatic carbocycles. The Morgan fingerprint density at radius 2 is 1.85 bits per heavy atom. The summed E-state index contributed by atoms with van der Waals surface area (Å²) in [5, 5.41) is 6.03. The van der Waals surface area contributed by atoms with Crippen LogP contribution in [0.25, 0.3) is 0 Å². The van der Waals surface area contributed by atoms with E-state index in [1.807, 2.05) is 0 Å². The molecule has 1 aromatic carbocycles. The summed E-state index contributed by atoms with van der Waals surface area (Å²) in [5.74, 6) is 0.242. The smallest absolute Gasteiger partial charge is 0.147 e. The molecule has 0 atom stereocenters. The van der Waals surface area contributed by atoms with Crippen molar-refractivity contribution in [2.45, 2.75) is 19.9 Å². The number of nitrogens with one attached hydrogen (secondary N) is 2. The number of rotatable bonds is 6. The van der Waals surface area contributed by atoms with Gasteiger partial charge in [0.2, 0.25) is 0 Å². The summed E-state index contributed by atoms with van der Waals surface area (Å²) in [7, 11) is 0. The first-order valence-corrected chi connectivity index (χ1v) is 6.42. The van der Waals surface area contributed by atoms with Crippen LogP contribution in [0.5, 0.6) is 0 Å². The van der Waals surface area contributed by atoms with E-state index >= 15 is 0 Å². The van der Waals surface area contributed by atoms with Crippen LogP contribution in [0.15, 0.2) is 30.6 Å². The van der Waals surface area contributed by atoms with Crippen molar-refractivity contribution in [2.24, 2.45) is 0 Å². The van der Waals surface area contributed by atoms with Gasteiger partial charge in [0.1, 0.15) is 23.3 Å². The Kier molecular flexibility index (Phi) is 4.81. The van der Waals surface area contributed by atoms with Crippen molar-refractivity contribution in [1.29, 1.82) is 0 Å². The summed E-state index contributed by atoms with van der Waals surface area (Å²) in [5.41, 5.74) is 0.249. The summed E-state index contributed by atoms with van der Waals surface area (Å²) < 4.78 is 26.5. The molecule has 0 unspecified atom stereocenters. The van der Waals surface area contributed by atoms with E-state index in [2.05, 4.69) is 27.5 Å². The molecular weight excluding hydrogens is 262 g/mol. The van der Waals surface area contributed by atoms with Crippen molar-refractivity contribution in [3.8, 4) is 0 Å². The Hall–Kier alpha value is -2.24. The molecule has 0 bridgehead atoms. The van der Waals surface area contributed by atoms with Crippen molar-refractivity contribution in [1.82, 2.24) is 9.97 Å². The molecule has 2 aromatic rings. The third-order valence-corrected chi connectivity index (χ3v) is 2.66. The van der Waals surface area contributed by atoms with E-state index in [1.54, 1.807) is 6.20 Å². The zero-order valence-corrected chi connectivity index (χ0v) is 11.2. The highest BCUT2D eigenvalue weighted by Gasteiger charge is 2.04. The lowest BCUT2D eigenvalue weighted by atomic mass is 10.2. The number of halogens is 2. The summed E-state index contributed by atoms with van der Waals surface area (Å²) in [6.45, 7) is 3.00. The molecule has 20 heavy (non-hydrogen) atoms. The second-order valence-corrected chi connectivity index (χ2v) is 4.31. The van der Waals surface area contributed by atoms with Gasteiger partial charge in [-0.25, -0.2) is 13.8 Å². The van der Waals surface area contributed by atoms with Crippen molar-refractivity contribution in [2.75, 3.05) is 17.2 Å². The fraction of sp³-hybridized carbons (Fsp3) is 0.286. The van der Waals surface area contributed by atoms with Gasteiger partial charge in [-0.05, 0) is 24.6 Å². The van der Waals surface area contributed by atoms with Gasteiger partial charge in [0.25, 0.3) is 0 Å². The van der Waals surface area contributed by atoms with Gasteiger partial charge in [0, 0.05) is 18.7 Å². The lowest BCUT2D eigenvalue weighted by Gasteiger charge is -2.08. The van der Waals surface area contributed by atoms with Gasteiger partial charge in [0.05, 0.1) is 12.4 Å². The second kappa shape index (κ2) is 6.79. The van der Waals surface area contributed by atoms with Crippen molar-refractivity contribution in [3.63, 3.8) is 0 Å². The third-order valence-electron chi connectivity index (χ3n) is 2.66. The Morgan fingerprint density at radius 3 is 2.60 bits per heavy atom. The number of hydrogen-bond acceptors (Lipinski definition) is 4. The maximum absolute atomic E-state index is 13.5. The van der Waals surface area contributed by atoms with Gasteiger partial charge in [-0.1, -0.05) is 6.92 Å². The number of benzene rings is 1. The van der Waals surface area contributed by atoms with Gasteiger partial charge < -0.3 is 10.6 Å². The van der Waals surface area contributed by atoms with E-state index in [0.717, 1.165) is 31.2 Å². The molecule has 0 fully saturated rings. The minimum atomic E-state index is -0.465. The zero-order valence-electron chi connectivity index (χ0n) is 11.2. The average Bonchev–Trinajstić information content (AvgIpc) is 2.46. The Morgan fingerprint density at radius 1 is 1.10 bits per heavy atom. The van der Waals surface area contributed by atoms with Crippen LogP contribution in [-0.4, -0.2) is 16.5 Å². The monoisotopic (exact) mass is 278 g/mol. The molecule has 1 aromatic heterocycles. The Balaban J connectivity index is 2.01. The quantitative estimate of drug-likeness (QED) is 0.852. The molecule has 4 nitrogen and oxygen atoms in total. The summed E-state index contributed by atoms with van der Waals surface area (Å²) in [4.78, 5) is 8.31. The van der Waals surface area contributed by atoms with Crippen molar-refractivity contribution < 1.29 is 8.78 Å². The number of hydrogen-bond donors (Lipinski definition) is 2. The van der Waals surface area contributed by atoms with E-state index in [9.17, 15) is 8.78 Å². The molecule has 0 saturated heterocycles. The minimum Gasteiger partial charge on any atom is -0.369 e. The van der Waals surface area contributed by atoms with Gasteiger partial charge >= 0.3 is 0 Å². The van der Waals surface area contributed by atoms with Crippen LogP contribution < -0.4 is 10.6 Å². The molecule has 0 saturated carbocycles. The first-order chi connectivity index (χ1) is 9.69. The SMILES string of the molecule is CCCNc1cncc(NCc2cc(F)ccc2F)n1. The molecule has 0 aliphatic heterocycles. The van der Waals surface area contributed by atoms with Crippen LogP contribution in [0.4, 0.5) is 20.4 Å². The van der Waals surface area contributed by atoms with Crippen LogP contribution in [-0.2, 0) is 6.54 Å². The van der Waals surface area contributed by atoms with E-state index in [1.165, 1.54) is 6.20 Å². The Labute approximate surface area is 116 Å². The highest BCUT2D eigenvalue weighted by atomic mass is 19.1. The third kappa shape index (κ3) is 3.88. The van der Waals surface area contributed by atoms with E-state index in [-0.39, 0.29) is 12.1 Å². The largest absolute Gasteiger partial charge is 0.369 e. The number of anilines is 2. The molecule has 1 heterocycles. The molecular formula is C14H16F2N4.